The molecule has 17 unspecified atom stereocenters. The van der Waals surface area contributed by atoms with Gasteiger partial charge in [0.05, 0.1) is 38.6 Å². The molecule has 3 aliphatic heterocycles. The molecule has 12 N–H and O–H groups in total. The molecule has 0 saturated carbocycles. The Hall–Kier alpha value is -1.99. The third kappa shape index (κ3) is 41.8. The van der Waals surface area contributed by atoms with Crippen LogP contribution in [0.1, 0.15) is 341 Å². The lowest BCUT2D eigenvalue weighted by molar-refractivity contribution is -0.379. The second kappa shape index (κ2) is 62.1. The molecule has 3 rings (SSSR count). The number of allylic oxidation sites excluding steroid dienone is 6. The van der Waals surface area contributed by atoms with Gasteiger partial charge in [0.1, 0.15) is 73.2 Å². The predicted molar refractivity (Wildman–Crippen MR) is 397 cm³/mol. The predicted octanol–water partition coefficient (Wildman–Crippen LogP) is 13.9. The Kier molecular flexibility index (Phi) is 57.3. The third-order valence-corrected chi connectivity index (χ3v) is 20.7. The normalized spacial score (nSPS) is 26.6. The maximum atomic E-state index is 13.5. The molecule has 0 aromatic rings. The molecule has 0 bridgehead atoms. The third-order valence-electron chi connectivity index (χ3n) is 20.7. The number of unbranched alkanes of at least 4 members (excludes halogenated alkanes) is 44. The van der Waals surface area contributed by atoms with Crippen molar-refractivity contribution in [1.82, 2.24) is 5.32 Å². The van der Waals surface area contributed by atoms with E-state index in [2.05, 4.69) is 55.6 Å². The zero-order valence-electron chi connectivity index (χ0n) is 62.9. The van der Waals surface area contributed by atoms with Crippen molar-refractivity contribution < 1.29 is 89.4 Å². The van der Waals surface area contributed by atoms with Crippen LogP contribution in [0.5, 0.6) is 0 Å². The first kappa shape index (κ1) is 92.2. The van der Waals surface area contributed by atoms with E-state index >= 15 is 0 Å². The van der Waals surface area contributed by atoms with Crippen LogP contribution in [0, 0.1) is 0 Å². The first-order chi connectivity index (χ1) is 48.8. The van der Waals surface area contributed by atoms with E-state index < -0.39 is 124 Å². The molecular weight excluding hydrogens is 1270 g/mol. The van der Waals surface area contributed by atoms with Crippen molar-refractivity contribution in [2.24, 2.45) is 0 Å². The van der Waals surface area contributed by atoms with E-state index in [-0.39, 0.29) is 18.9 Å². The summed E-state index contributed by atoms with van der Waals surface area (Å²) in [6, 6.07) is -0.885. The highest BCUT2D eigenvalue weighted by Gasteiger charge is 2.54. The van der Waals surface area contributed by atoms with Crippen molar-refractivity contribution in [2.75, 3.05) is 26.4 Å². The average molecular weight is 1430 g/mol. The van der Waals surface area contributed by atoms with Gasteiger partial charge in [0, 0.05) is 6.42 Å². The molecule has 3 heterocycles. The maximum absolute atomic E-state index is 13.5. The summed E-state index contributed by atoms with van der Waals surface area (Å²) in [4.78, 5) is 13.5. The summed E-state index contributed by atoms with van der Waals surface area (Å²) in [7, 11) is 0. The SMILES string of the molecule is CCCCCCC/C=C\C/C=C\C/C=C\CCCCCCCCCCCCCCCCCCCCCCCCCCC(=O)NC(COC1OC(CO)C(OC2OC(CO)C(OC3OC(CO)C(O)C(O)C3O)C(O)C2O)C(O)C1O)C(O)CCCCCCCCCCCCCCCCCC. The van der Waals surface area contributed by atoms with Crippen molar-refractivity contribution in [3.05, 3.63) is 36.5 Å². The van der Waals surface area contributed by atoms with Crippen molar-refractivity contribution in [2.45, 2.75) is 446 Å². The van der Waals surface area contributed by atoms with Gasteiger partial charge in [0.15, 0.2) is 18.9 Å². The molecule has 17 atom stereocenters. The van der Waals surface area contributed by atoms with Crippen LogP contribution in [-0.2, 0) is 33.2 Å². The van der Waals surface area contributed by atoms with Gasteiger partial charge in [0.25, 0.3) is 0 Å². The van der Waals surface area contributed by atoms with Crippen LogP contribution in [0.3, 0.4) is 0 Å². The number of carbonyl (C=O) groups excluding carboxylic acids is 1. The van der Waals surface area contributed by atoms with Crippen LogP contribution in [0.2, 0.25) is 0 Å². The van der Waals surface area contributed by atoms with Gasteiger partial charge in [-0.2, -0.15) is 0 Å². The molecule has 0 spiro atoms. The summed E-state index contributed by atoms with van der Waals surface area (Å²) in [6.45, 7) is 1.83. The minimum absolute atomic E-state index is 0.236. The summed E-state index contributed by atoms with van der Waals surface area (Å²) in [6.07, 6.45) is 49.7. The second-order valence-corrected chi connectivity index (χ2v) is 29.6. The number of rotatable bonds is 66. The first-order valence-corrected chi connectivity index (χ1v) is 41.2. The molecule has 19 heteroatoms. The van der Waals surface area contributed by atoms with Crippen molar-refractivity contribution in [3.8, 4) is 0 Å². The molecule has 3 fully saturated rings. The van der Waals surface area contributed by atoms with E-state index in [0.29, 0.717) is 12.8 Å². The van der Waals surface area contributed by atoms with E-state index in [1.165, 1.54) is 250 Å². The highest BCUT2D eigenvalue weighted by atomic mass is 16.8. The lowest BCUT2D eigenvalue weighted by Gasteiger charge is -2.48. The summed E-state index contributed by atoms with van der Waals surface area (Å²) >= 11 is 0. The first-order valence-electron chi connectivity index (χ1n) is 41.2. The zero-order valence-corrected chi connectivity index (χ0v) is 62.9. The van der Waals surface area contributed by atoms with Gasteiger partial charge >= 0.3 is 0 Å². The fourth-order valence-corrected chi connectivity index (χ4v) is 14.1. The van der Waals surface area contributed by atoms with E-state index in [0.717, 1.165) is 57.8 Å². The minimum atomic E-state index is -1.97. The van der Waals surface area contributed by atoms with E-state index in [9.17, 15) is 61.0 Å². The Morgan fingerprint density at radius 1 is 0.360 bits per heavy atom. The van der Waals surface area contributed by atoms with Gasteiger partial charge in [0.2, 0.25) is 5.91 Å². The topological polar surface area (TPSA) is 307 Å². The molecule has 0 radical (unpaired) electrons. The average Bonchev–Trinajstić information content (AvgIpc) is 0.784. The number of amides is 1. The largest absolute Gasteiger partial charge is 0.394 e. The number of hydrogen-bond acceptors (Lipinski definition) is 18. The highest BCUT2D eigenvalue weighted by Crippen LogP contribution is 2.33. The van der Waals surface area contributed by atoms with Crippen LogP contribution in [0.25, 0.3) is 0 Å². The maximum Gasteiger partial charge on any atom is 0.220 e. The van der Waals surface area contributed by atoms with Gasteiger partial charge in [-0.25, -0.2) is 0 Å². The Morgan fingerprint density at radius 3 is 1.03 bits per heavy atom. The fourth-order valence-electron chi connectivity index (χ4n) is 14.1. The Labute approximate surface area is 606 Å². The van der Waals surface area contributed by atoms with Gasteiger partial charge in [-0.1, -0.05) is 320 Å². The Balaban J connectivity index is 1.29. The number of hydrogen-bond donors (Lipinski definition) is 12. The quantitative estimate of drug-likeness (QED) is 0.0199. The van der Waals surface area contributed by atoms with Crippen LogP contribution < -0.4 is 5.32 Å². The van der Waals surface area contributed by atoms with Crippen LogP contribution >= 0.6 is 0 Å². The minimum Gasteiger partial charge on any atom is -0.394 e. The van der Waals surface area contributed by atoms with Gasteiger partial charge in [-0.05, 0) is 51.4 Å². The van der Waals surface area contributed by atoms with Crippen molar-refractivity contribution >= 4 is 5.91 Å². The van der Waals surface area contributed by atoms with Gasteiger partial charge < -0.3 is 89.9 Å². The molecule has 0 aliphatic carbocycles. The summed E-state index contributed by atoms with van der Waals surface area (Å²) in [5.74, 6) is -0.236. The molecule has 1 amide bonds. The van der Waals surface area contributed by atoms with Crippen LogP contribution in [-0.4, -0.2) is 193 Å². The van der Waals surface area contributed by atoms with Crippen molar-refractivity contribution in [1.29, 1.82) is 0 Å². The standard InChI is InChI=1S/C81H151NO18/c1-3-5-7-9-11-13-15-17-19-21-22-23-24-25-26-27-28-29-30-31-32-33-34-35-36-37-38-39-40-41-42-43-45-47-49-51-53-55-57-59-69(87)82-64(65(86)58-56-54-52-50-48-46-44-20-18-16-14-12-10-8-6-4-2)63-95-79-75(93)72(90)77(67(61-84)97-79)100-81-76(94)73(91)78(68(62-85)98-81)99-80-74(92)71(89)70(88)66(60-83)96-80/h15,17,21-22,24-25,64-68,70-81,83-86,88-94H,3-14,16,18-20,23,26-63H2,1-2H3,(H,82,87)/b17-15-,22-21-,25-24-. The number of aliphatic hydroxyl groups is 11. The number of ether oxygens (including phenoxy) is 6. The van der Waals surface area contributed by atoms with Crippen LogP contribution in [0.15, 0.2) is 36.5 Å². The van der Waals surface area contributed by atoms with Gasteiger partial charge in [-0.15, -0.1) is 0 Å². The fraction of sp³-hybridized carbons (Fsp3) is 0.914. The van der Waals surface area contributed by atoms with E-state index in [1.807, 2.05) is 0 Å². The molecule has 19 nitrogen and oxygen atoms in total. The summed E-state index contributed by atoms with van der Waals surface area (Å²) < 4.78 is 34.5. The lowest BCUT2D eigenvalue weighted by atomic mass is 9.96. The van der Waals surface area contributed by atoms with Crippen molar-refractivity contribution in [3.63, 3.8) is 0 Å². The Bertz CT molecular complexity index is 1950. The number of aliphatic hydroxyl groups excluding tert-OH is 11. The molecule has 588 valence electrons. The van der Waals surface area contributed by atoms with E-state index in [1.54, 1.807) is 0 Å². The lowest BCUT2D eigenvalue weighted by Crippen LogP contribution is -2.66. The zero-order chi connectivity index (χ0) is 72.5. The smallest absolute Gasteiger partial charge is 0.220 e. The molecule has 0 aromatic carbocycles. The number of carbonyl (C=O) groups is 1. The summed E-state index contributed by atoms with van der Waals surface area (Å²) in [5.41, 5.74) is 0. The Morgan fingerprint density at radius 2 is 0.660 bits per heavy atom. The molecule has 3 saturated heterocycles. The monoisotopic (exact) mass is 1430 g/mol. The highest BCUT2D eigenvalue weighted by molar-refractivity contribution is 5.76. The second-order valence-electron chi connectivity index (χ2n) is 29.6. The van der Waals surface area contributed by atoms with Crippen LogP contribution in [0.4, 0.5) is 0 Å². The van der Waals surface area contributed by atoms with E-state index in [4.69, 9.17) is 28.4 Å². The molecular formula is C81H151NO18. The molecule has 100 heavy (non-hydrogen) atoms. The van der Waals surface area contributed by atoms with Gasteiger partial charge in [-0.3, -0.25) is 4.79 Å². The molecule has 0 aromatic heterocycles. The number of nitrogens with one attached hydrogen (secondary N) is 1. The molecule has 3 aliphatic rings. The summed E-state index contributed by atoms with van der Waals surface area (Å²) in [5, 5.41) is 121.